The first kappa shape index (κ1) is 23.2. The molecule has 33 heavy (non-hydrogen) atoms. The quantitative estimate of drug-likeness (QED) is 0.557. The SMILES string of the molecule is Cc1cc(NC(=O)NCCN2CCC(N(C)S(=O)(=O)c3ccccc3)C2)c2ccccc2n1. The van der Waals surface area contributed by atoms with Gasteiger partial charge in [-0.2, -0.15) is 4.31 Å². The smallest absolute Gasteiger partial charge is 0.319 e. The van der Waals surface area contributed by atoms with Crippen LogP contribution in [0.4, 0.5) is 10.5 Å². The van der Waals surface area contributed by atoms with Crippen molar-refractivity contribution in [2.75, 3.05) is 38.5 Å². The zero-order valence-electron chi connectivity index (χ0n) is 18.9. The second kappa shape index (κ2) is 9.86. The van der Waals surface area contributed by atoms with E-state index in [4.69, 9.17) is 0 Å². The van der Waals surface area contributed by atoms with Gasteiger partial charge in [-0.1, -0.05) is 36.4 Å². The number of rotatable bonds is 7. The van der Waals surface area contributed by atoms with E-state index in [1.165, 1.54) is 4.31 Å². The topological polar surface area (TPSA) is 94.6 Å². The number of anilines is 1. The van der Waals surface area contributed by atoms with E-state index in [9.17, 15) is 13.2 Å². The number of para-hydroxylation sites is 1. The van der Waals surface area contributed by atoms with Crippen LogP contribution in [0.15, 0.2) is 65.6 Å². The Morgan fingerprint density at radius 3 is 2.67 bits per heavy atom. The molecule has 2 amide bonds. The van der Waals surface area contributed by atoms with Gasteiger partial charge in [0, 0.05) is 43.8 Å². The second-order valence-electron chi connectivity index (χ2n) is 8.29. The second-order valence-corrected chi connectivity index (χ2v) is 10.3. The Morgan fingerprint density at radius 2 is 1.88 bits per heavy atom. The molecule has 1 atom stereocenters. The summed E-state index contributed by atoms with van der Waals surface area (Å²) in [5, 5.41) is 6.71. The van der Waals surface area contributed by atoms with Gasteiger partial charge in [-0.3, -0.25) is 9.88 Å². The van der Waals surface area contributed by atoms with Crippen LogP contribution in [0.5, 0.6) is 0 Å². The van der Waals surface area contributed by atoms with Crippen LogP contribution in [0, 0.1) is 6.92 Å². The molecule has 1 saturated heterocycles. The van der Waals surface area contributed by atoms with E-state index in [2.05, 4.69) is 20.5 Å². The average Bonchev–Trinajstić information content (AvgIpc) is 3.27. The number of nitrogens with zero attached hydrogens (tertiary/aromatic N) is 3. The highest BCUT2D eigenvalue weighted by molar-refractivity contribution is 7.89. The summed E-state index contributed by atoms with van der Waals surface area (Å²) in [5.74, 6) is 0. The zero-order chi connectivity index (χ0) is 23.4. The van der Waals surface area contributed by atoms with Gasteiger partial charge in [-0.05, 0) is 44.2 Å². The van der Waals surface area contributed by atoms with Crippen LogP contribution >= 0.6 is 0 Å². The Kier molecular flexibility index (Phi) is 6.92. The van der Waals surface area contributed by atoms with Gasteiger partial charge in [0.15, 0.2) is 0 Å². The molecule has 8 nitrogen and oxygen atoms in total. The predicted molar refractivity (Wildman–Crippen MR) is 130 cm³/mol. The number of carbonyl (C=O) groups excluding carboxylic acids is 1. The van der Waals surface area contributed by atoms with Crippen molar-refractivity contribution in [2.24, 2.45) is 0 Å². The van der Waals surface area contributed by atoms with Crippen molar-refractivity contribution in [3.8, 4) is 0 Å². The third-order valence-corrected chi connectivity index (χ3v) is 7.91. The van der Waals surface area contributed by atoms with Crippen LogP contribution in [-0.4, -0.2) is 67.9 Å². The minimum Gasteiger partial charge on any atom is -0.337 e. The van der Waals surface area contributed by atoms with E-state index < -0.39 is 10.0 Å². The fourth-order valence-electron chi connectivity index (χ4n) is 4.17. The molecule has 9 heteroatoms. The largest absolute Gasteiger partial charge is 0.337 e. The van der Waals surface area contributed by atoms with Crippen molar-refractivity contribution in [3.63, 3.8) is 0 Å². The number of aryl methyl sites for hydroxylation is 1. The summed E-state index contributed by atoms with van der Waals surface area (Å²) in [7, 11) is -1.87. The third kappa shape index (κ3) is 5.32. The molecule has 0 saturated carbocycles. The lowest BCUT2D eigenvalue weighted by atomic mass is 10.1. The van der Waals surface area contributed by atoms with Crippen LogP contribution in [0.3, 0.4) is 0 Å². The Hall–Kier alpha value is -3.01. The lowest BCUT2D eigenvalue weighted by Crippen LogP contribution is -2.40. The maximum atomic E-state index is 12.9. The normalized spacial score (nSPS) is 16.9. The van der Waals surface area contributed by atoms with Gasteiger partial charge in [-0.25, -0.2) is 13.2 Å². The number of pyridine rings is 1. The number of benzene rings is 2. The molecule has 0 radical (unpaired) electrons. The Bertz CT molecular complexity index is 1230. The summed E-state index contributed by atoms with van der Waals surface area (Å²) in [6.07, 6.45) is 0.761. The minimum atomic E-state index is -3.51. The molecule has 0 bridgehead atoms. The molecular formula is C24H29N5O3S. The van der Waals surface area contributed by atoms with Crippen molar-refractivity contribution in [1.82, 2.24) is 19.5 Å². The summed E-state index contributed by atoms with van der Waals surface area (Å²) >= 11 is 0. The number of urea groups is 1. The molecule has 4 rings (SSSR count). The van der Waals surface area contributed by atoms with E-state index in [1.54, 1.807) is 37.4 Å². The lowest BCUT2D eigenvalue weighted by molar-refractivity contribution is 0.248. The fourth-order valence-corrected chi connectivity index (χ4v) is 5.57. The van der Waals surface area contributed by atoms with E-state index >= 15 is 0 Å². The third-order valence-electron chi connectivity index (χ3n) is 5.99. The van der Waals surface area contributed by atoms with Crippen LogP contribution in [0.2, 0.25) is 0 Å². The summed E-state index contributed by atoms with van der Waals surface area (Å²) in [5.41, 5.74) is 2.40. The molecule has 0 spiro atoms. The highest BCUT2D eigenvalue weighted by Gasteiger charge is 2.32. The molecular weight excluding hydrogens is 438 g/mol. The van der Waals surface area contributed by atoms with Gasteiger partial charge in [-0.15, -0.1) is 0 Å². The first-order valence-corrected chi connectivity index (χ1v) is 12.5. The standard InChI is InChI=1S/C24H29N5O3S/c1-18-16-23(21-10-6-7-11-22(21)26-18)27-24(30)25-13-15-29-14-12-19(17-29)28(2)33(31,32)20-8-4-3-5-9-20/h3-11,16,19H,12-15,17H2,1-2H3,(H2,25,26,27,30). The van der Waals surface area contributed by atoms with Gasteiger partial charge in [0.1, 0.15) is 0 Å². The summed E-state index contributed by atoms with van der Waals surface area (Å²) in [6, 6.07) is 17.7. The first-order chi connectivity index (χ1) is 15.8. The molecule has 2 aromatic carbocycles. The minimum absolute atomic E-state index is 0.0878. The average molecular weight is 468 g/mol. The van der Waals surface area contributed by atoms with Crippen molar-refractivity contribution in [2.45, 2.75) is 24.3 Å². The maximum Gasteiger partial charge on any atom is 0.319 e. The number of fused-ring (bicyclic) bond motifs is 1. The van der Waals surface area contributed by atoms with E-state index in [-0.39, 0.29) is 12.1 Å². The first-order valence-electron chi connectivity index (χ1n) is 11.0. The number of amides is 2. The van der Waals surface area contributed by atoms with Crippen LogP contribution in [-0.2, 0) is 10.0 Å². The number of carbonyl (C=O) groups is 1. The van der Waals surface area contributed by atoms with E-state index in [0.29, 0.717) is 24.5 Å². The molecule has 1 aromatic heterocycles. The highest BCUT2D eigenvalue weighted by Crippen LogP contribution is 2.23. The van der Waals surface area contributed by atoms with Crippen molar-refractivity contribution >= 4 is 32.6 Å². The lowest BCUT2D eigenvalue weighted by Gasteiger charge is -2.24. The summed E-state index contributed by atoms with van der Waals surface area (Å²) in [6.45, 7) is 4.44. The van der Waals surface area contributed by atoms with Crippen molar-refractivity contribution in [1.29, 1.82) is 0 Å². The van der Waals surface area contributed by atoms with E-state index in [0.717, 1.165) is 35.2 Å². The molecule has 1 unspecified atom stereocenters. The van der Waals surface area contributed by atoms with E-state index in [1.807, 2.05) is 37.3 Å². The Labute approximate surface area is 194 Å². The number of likely N-dealkylation sites (N-methyl/N-ethyl adjacent to an activating group) is 1. The van der Waals surface area contributed by atoms with Crippen LogP contribution in [0.25, 0.3) is 10.9 Å². The monoisotopic (exact) mass is 467 g/mol. The number of nitrogens with one attached hydrogen (secondary N) is 2. The van der Waals surface area contributed by atoms with Gasteiger partial charge >= 0.3 is 6.03 Å². The van der Waals surface area contributed by atoms with Crippen molar-refractivity contribution < 1.29 is 13.2 Å². The molecule has 174 valence electrons. The maximum absolute atomic E-state index is 12.9. The van der Waals surface area contributed by atoms with Gasteiger partial charge in [0.25, 0.3) is 0 Å². The number of likely N-dealkylation sites (tertiary alicyclic amines) is 1. The summed E-state index contributed by atoms with van der Waals surface area (Å²) in [4.78, 5) is 19.4. The fraction of sp³-hybridized carbons (Fsp3) is 0.333. The molecule has 1 fully saturated rings. The van der Waals surface area contributed by atoms with Gasteiger partial charge < -0.3 is 10.6 Å². The van der Waals surface area contributed by atoms with Gasteiger partial charge in [0.05, 0.1) is 16.1 Å². The number of sulfonamides is 1. The highest BCUT2D eigenvalue weighted by atomic mass is 32.2. The zero-order valence-corrected chi connectivity index (χ0v) is 19.7. The number of aromatic nitrogens is 1. The van der Waals surface area contributed by atoms with Crippen LogP contribution < -0.4 is 10.6 Å². The predicted octanol–water partition coefficient (Wildman–Crippen LogP) is 3.06. The van der Waals surface area contributed by atoms with Crippen molar-refractivity contribution in [3.05, 3.63) is 66.4 Å². The molecule has 1 aliphatic rings. The Morgan fingerprint density at radius 1 is 1.15 bits per heavy atom. The Balaban J connectivity index is 1.28. The number of hydrogen-bond donors (Lipinski definition) is 2. The molecule has 0 aliphatic carbocycles. The summed E-state index contributed by atoms with van der Waals surface area (Å²) < 4.78 is 27.2. The van der Waals surface area contributed by atoms with Gasteiger partial charge in [0.2, 0.25) is 10.0 Å². The molecule has 2 N–H and O–H groups in total. The number of hydrogen-bond acceptors (Lipinski definition) is 5. The molecule has 1 aliphatic heterocycles. The molecule has 3 aromatic rings. The van der Waals surface area contributed by atoms with Crippen LogP contribution in [0.1, 0.15) is 12.1 Å². The molecule has 2 heterocycles.